The molecule has 1 aromatic heterocycles. The van der Waals surface area contributed by atoms with Crippen LogP contribution in [0.5, 0.6) is 0 Å². The molecule has 3 rings (SSSR count). The lowest BCUT2D eigenvalue weighted by atomic mass is 10.1. The summed E-state index contributed by atoms with van der Waals surface area (Å²) in [6.45, 7) is 5.03. The molecule has 9 heteroatoms. The maximum absolute atomic E-state index is 12.7. The number of ether oxygens (including phenoxy) is 1. The Morgan fingerprint density at radius 2 is 1.74 bits per heavy atom. The van der Waals surface area contributed by atoms with Crippen molar-refractivity contribution in [2.24, 2.45) is 0 Å². The van der Waals surface area contributed by atoms with Gasteiger partial charge in [-0.05, 0) is 50.6 Å². The van der Waals surface area contributed by atoms with Gasteiger partial charge < -0.3 is 20.1 Å². The average Bonchev–Trinajstić information content (AvgIpc) is 2.67. The SMILES string of the molecule is CC(C)(C)OC(=O)N[C@@H](Cc1ccc(-n2c(=O)[nH]c3ccccc3c2=O)cc1)C(=O)O. The molecule has 0 aliphatic carbocycles. The van der Waals surface area contributed by atoms with Crippen molar-refractivity contribution in [2.75, 3.05) is 0 Å². The molecule has 0 aliphatic rings. The van der Waals surface area contributed by atoms with Gasteiger partial charge in [0.05, 0.1) is 16.6 Å². The lowest BCUT2D eigenvalue weighted by Gasteiger charge is -2.22. The van der Waals surface area contributed by atoms with Crippen molar-refractivity contribution >= 4 is 23.0 Å². The second-order valence-electron chi connectivity index (χ2n) is 8.02. The molecule has 9 nitrogen and oxygen atoms in total. The molecule has 2 aromatic carbocycles. The Hall–Kier alpha value is -3.88. The number of aliphatic carboxylic acids is 1. The van der Waals surface area contributed by atoms with E-state index in [0.29, 0.717) is 22.2 Å². The highest BCUT2D eigenvalue weighted by molar-refractivity contribution is 5.80. The molecule has 0 radical (unpaired) electrons. The number of carbonyl (C=O) groups is 2. The number of nitrogens with zero attached hydrogens (tertiary/aromatic N) is 1. The molecule has 3 N–H and O–H groups in total. The van der Waals surface area contributed by atoms with Gasteiger partial charge in [-0.3, -0.25) is 4.79 Å². The Balaban J connectivity index is 1.84. The standard InChI is InChI=1S/C22H23N3O6/c1-22(2,3)31-21(30)24-17(19(27)28)12-13-8-10-14(11-9-13)25-18(26)15-6-4-5-7-16(15)23-20(25)29/h4-11,17H,12H2,1-3H3,(H,23,29)(H,24,30)(H,27,28)/t17-/m0/s1. The van der Waals surface area contributed by atoms with E-state index in [0.717, 1.165) is 4.57 Å². The largest absolute Gasteiger partial charge is 0.480 e. The summed E-state index contributed by atoms with van der Waals surface area (Å²) in [5.74, 6) is -1.21. The van der Waals surface area contributed by atoms with Crippen LogP contribution in [0.2, 0.25) is 0 Å². The van der Waals surface area contributed by atoms with Crippen LogP contribution in [0.25, 0.3) is 16.6 Å². The van der Waals surface area contributed by atoms with E-state index >= 15 is 0 Å². The molecule has 0 saturated heterocycles. The van der Waals surface area contributed by atoms with E-state index in [1.54, 1.807) is 69.3 Å². The first-order valence-corrected chi connectivity index (χ1v) is 9.61. The maximum atomic E-state index is 12.7. The second kappa shape index (κ2) is 8.47. The minimum absolute atomic E-state index is 0.00215. The third-order valence-corrected chi connectivity index (χ3v) is 4.43. The number of hydrogen-bond donors (Lipinski definition) is 3. The zero-order valence-corrected chi connectivity index (χ0v) is 17.3. The lowest BCUT2D eigenvalue weighted by Crippen LogP contribution is -2.44. The lowest BCUT2D eigenvalue weighted by molar-refractivity contribution is -0.139. The zero-order valence-electron chi connectivity index (χ0n) is 17.3. The number of carboxylic acids is 1. The fourth-order valence-corrected chi connectivity index (χ4v) is 3.06. The topological polar surface area (TPSA) is 130 Å². The van der Waals surface area contributed by atoms with Crippen molar-refractivity contribution in [3.63, 3.8) is 0 Å². The highest BCUT2D eigenvalue weighted by Crippen LogP contribution is 2.12. The molecule has 162 valence electrons. The molecule has 0 fully saturated rings. The van der Waals surface area contributed by atoms with Gasteiger partial charge in [-0.2, -0.15) is 0 Å². The van der Waals surface area contributed by atoms with E-state index in [1.165, 1.54) is 0 Å². The quantitative estimate of drug-likeness (QED) is 0.574. The van der Waals surface area contributed by atoms with Crippen LogP contribution >= 0.6 is 0 Å². The van der Waals surface area contributed by atoms with E-state index < -0.39 is 35.0 Å². The van der Waals surface area contributed by atoms with Crippen molar-refractivity contribution in [1.82, 2.24) is 14.9 Å². The number of carboxylic acid groups (broad SMARTS) is 1. The van der Waals surface area contributed by atoms with Crippen molar-refractivity contribution in [3.8, 4) is 5.69 Å². The van der Waals surface area contributed by atoms with Gasteiger partial charge in [-0.15, -0.1) is 0 Å². The molecular weight excluding hydrogens is 402 g/mol. The number of carbonyl (C=O) groups excluding carboxylic acids is 1. The van der Waals surface area contributed by atoms with E-state index in [4.69, 9.17) is 4.74 Å². The van der Waals surface area contributed by atoms with E-state index in [1.807, 2.05) is 0 Å². The minimum Gasteiger partial charge on any atom is -0.480 e. The van der Waals surface area contributed by atoms with Gasteiger partial charge in [-0.25, -0.2) is 19.0 Å². The van der Waals surface area contributed by atoms with Crippen molar-refractivity contribution in [1.29, 1.82) is 0 Å². The number of para-hydroxylation sites is 1. The normalized spacial score (nSPS) is 12.4. The number of alkyl carbamates (subject to hydrolysis) is 1. The van der Waals surface area contributed by atoms with E-state index in [9.17, 15) is 24.3 Å². The third kappa shape index (κ3) is 5.19. The number of rotatable bonds is 5. The minimum atomic E-state index is -1.21. The molecule has 0 aliphatic heterocycles. The average molecular weight is 425 g/mol. The van der Waals surface area contributed by atoms with Crippen LogP contribution in [-0.2, 0) is 16.0 Å². The molecule has 1 heterocycles. The van der Waals surface area contributed by atoms with Gasteiger partial charge in [0.2, 0.25) is 0 Å². The molecule has 1 atom stereocenters. The molecule has 3 aromatic rings. The van der Waals surface area contributed by atoms with Gasteiger partial charge in [0.25, 0.3) is 5.56 Å². The summed E-state index contributed by atoms with van der Waals surface area (Å²) >= 11 is 0. The van der Waals surface area contributed by atoms with Crippen molar-refractivity contribution in [3.05, 3.63) is 74.9 Å². The Morgan fingerprint density at radius 3 is 2.35 bits per heavy atom. The first-order chi connectivity index (χ1) is 14.5. The predicted octanol–water partition coefficient (Wildman–Crippen LogP) is 2.20. The van der Waals surface area contributed by atoms with Crippen molar-refractivity contribution in [2.45, 2.75) is 38.8 Å². The molecule has 0 saturated carbocycles. The molecule has 1 amide bonds. The summed E-state index contributed by atoms with van der Waals surface area (Å²) in [6, 6.07) is 11.8. The number of aromatic nitrogens is 2. The number of fused-ring (bicyclic) bond motifs is 1. The van der Waals surface area contributed by atoms with E-state index in [-0.39, 0.29) is 6.42 Å². The molecular formula is C22H23N3O6. The smallest absolute Gasteiger partial charge is 0.408 e. The summed E-state index contributed by atoms with van der Waals surface area (Å²) in [5.41, 5.74) is -0.406. The van der Waals surface area contributed by atoms with Gasteiger partial charge in [-0.1, -0.05) is 24.3 Å². The second-order valence-corrected chi connectivity index (χ2v) is 8.02. The first-order valence-electron chi connectivity index (χ1n) is 9.61. The fourth-order valence-electron chi connectivity index (χ4n) is 3.06. The monoisotopic (exact) mass is 425 g/mol. The summed E-state index contributed by atoms with van der Waals surface area (Å²) in [6.07, 6.45) is -0.830. The van der Waals surface area contributed by atoms with Gasteiger partial charge >= 0.3 is 17.8 Å². The Kier molecular flexibility index (Phi) is 5.96. The highest BCUT2D eigenvalue weighted by atomic mass is 16.6. The number of nitrogens with one attached hydrogen (secondary N) is 2. The van der Waals surface area contributed by atoms with Crippen molar-refractivity contribution < 1.29 is 19.4 Å². The molecule has 31 heavy (non-hydrogen) atoms. The number of hydrogen-bond acceptors (Lipinski definition) is 5. The number of H-pyrrole nitrogens is 1. The summed E-state index contributed by atoms with van der Waals surface area (Å²) in [7, 11) is 0. The highest BCUT2D eigenvalue weighted by Gasteiger charge is 2.24. The predicted molar refractivity (Wildman–Crippen MR) is 115 cm³/mol. The van der Waals surface area contributed by atoms with Gasteiger partial charge in [0, 0.05) is 6.42 Å². The Bertz CT molecular complexity index is 1240. The summed E-state index contributed by atoms with van der Waals surface area (Å²) in [5, 5.41) is 12.1. The van der Waals surface area contributed by atoms with Crippen LogP contribution in [0.3, 0.4) is 0 Å². The summed E-state index contributed by atoms with van der Waals surface area (Å²) in [4.78, 5) is 51.3. The maximum Gasteiger partial charge on any atom is 0.408 e. The molecule has 0 unspecified atom stereocenters. The summed E-state index contributed by atoms with van der Waals surface area (Å²) < 4.78 is 6.12. The van der Waals surface area contributed by atoms with Crippen LogP contribution in [-0.4, -0.2) is 38.4 Å². The molecule has 0 bridgehead atoms. The first kappa shape index (κ1) is 21.8. The Morgan fingerprint density at radius 1 is 1.10 bits per heavy atom. The molecule has 0 spiro atoms. The third-order valence-electron chi connectivity index (χ3n) is 4.43. The van der Waals surface area contributed by atoms with Crippen LogP contribution < -0.4 is 16.6 Å². The fraction of sp³-hybridized carbons (Fsp3) is 0.273. The van der Waals surface area contributed by atoms with Crippen LogP contribution in [0.1, 0.15) is 26.3 Å². The van der Waals surface area contributed by atoms with Crippen LogP contribution in [0, 0.1) is 0 Å². The van der Waals surface area contributed by atoms with Gasteiger partial charge in [0.15, 0.2) is 0 Å². The number of aromatic amines is 1. The number of amides is 1. The number of benzene rings is 2. The van der Waals surface area contributed by atoms with E-state index in [2.05, 4.69) is 10.3 Å². The zero-order chi connectivity index (χ0) is 22.8. The van der Waals surface area contributed by atoms with Gasteiger partial charge in [0.1, 0.15) is 11.6 Å². The van der Waals surface area contributed by atoms with Crippen LogP contribution in [0.15, 0.2) is 58.1 Å². The van der Waals surface area contributed by atoms with Crippen LogP contribution in [0.4, 0.5) is 4.79 Å². The Labute approximate surface area is 177 Å².